The number of aromatic carboxylic acids is 1. The zero-order chi connectivity index (χ0) is 14.8. The summed E-state index contributed by atoms with van der Waals surface area (Å²) < 4.78 is 14.4. The van der Waals surface area contributed by atoms with E-state index in [4.69, 9.17) is 5.11 Å². The van der Waals surface area contributed by atoms with Crippen LogP contribution in [0, 0.1) is 5.82 Å². The van der Waals surface area contributed by atoms with Crippen LogP contribution in [0.25, 0.3) is 16.9 Å². The molecule has 0 bridgehead atoms. The molecule has 104 valence electrons. The lowest BCUT2D eigenvalue weighted by Crippen LogP contribution is -1.95. The van der Waals surface area contributed by atoms with Crippen molar-refractivity contribution in [2.75, 3.05) is 0 Å². The Morgan fingerprint density at radius 3 is 2.33 bits per heavy atom. The first-order valence-electron chi connectivity index (χ1n) is 6.15. The van der Waals surface area contributed by atoms with Gasteiger partial charge in [0.1, 0.15) is 11.5 Å². The number of carbonyl (C=O) groups is 1. The molecule has 2 aromatic carbocycles. The highest BCUT2D eigenvalue weighted by Crippen LogP contribution is 2.18. The molecule has 0 amide bonds. The summed E-state index contributed by atoms with van der Waals surface area (Å²) in [6.45, 7) is 0. The van der Waals surface area contributed by atoms with Crippen LogP contribution in [0.15, 0.2) is 54.7 Å². The topological polar surface area (TPSA) is 68.0 Å². The zero-order valence-corrected chi connectivity index (χ0v) is 10.8. The molecule has 1 heterocycles. The van der Waals surface area contributed by atoms with Crippen molar-refractivity contribution in [3.05, 3.63) is 66.1 Å². The highest BCUT2D eigenvalue weighted by Gasteiger charge is 2.07. The van der Waals surface area contributed by atoms with Gasteiger partial charge in [0.2, 0.25) is 0 Å². The number of halogens is 1. The average Bonchev–Trinajstić information content (AvgIpc) is 2.98. The van der Waals surface area contributed by atoms with E-state index in [1.165, 1.54) is 28.9 Å². The summed E-state index contributed by atoms with van der Waals surface area (Å²) in [5.74, 6) is -1.29. The summed E-state index contributed by atoms with van der Waals surface area (Å²) in [6, 6.07) is 12.2. The molecule has 0 aliphatic rings. The Hall–Kier alpha value is -3.02. The number of hydrogen-bond donors (Lipinski definition) is 1. The van der Waals surface area contributed by atoms with Crippen molar-refractivity contribution >= 4 is 5.97 Å². The van der Waals surface area contributed by atoms with E-state index < -0.39 is 5.97 Å². The molecule has 1 N–H and O–H groups in total. The molecule has 0 saturated carbocycles. The summed E-state index contributed by atoms with van der Waals surface area (Å²) >= 11 is 0. The maximum absolute atomic E-state index is 12.9. The van der Waals surface area contributed by atoms with Crippen LogP contribution in [0.3, 0.4) is 0 Å². The molecule has 1 aromatic heterocycles. The van der Waals surface area contributed by atoms with Crippen LogP contribution in [0.4, 0.5) is 4.39 Å². The van der Waals surface area contributed by atoms with Crippen LogP contribution < -0.4 is 0 Å². The van der Waals surface area contributed by atoms with Crippen molar-refractivity contribution in [3.8, 4) is 16.9 Å². The van der Waals surface area contributed by atoms with Gasteiger partial charge in [0.05, 0.1) is 17.4 Å². The van der Waals surface area contributed by atoms with Crippen molar-refractivity contribution in [3.63, 3.8) is 0 Å². The van der Waals surface area contributed by atoms with Crippen molar-refractivity contribution in [2.45, 2.75) is 0 Å². The molecule has 5 nitrogen and oxygen atoms in total. The number of benzene rings is 2. The molecule has 6 heteroatoms. The maximum atomic E-state index is 12.9. The molecule has 0 spiro atoms. The Bertz CT molecular complexity index is 779. The highest BCUT2D eigenvalue weighted by molar-refractivity contribution is 5.88. The number of carboxylic acids is 1. The first-order chi connectivity index (χ1) is 10.1. The number of aromatic nitrogens is 3. The van der Waals surface area contributed by atoms with Gasteiger partial charge in [0.15, 0.2) is 0 Å². The molecule has 0 aliphatic heterocycles. The normalized spacial score (nSPS) is 10.5. The maximum Gasteiger partial charge on any atom is 0.335 e. The smallest absolute Gasteiger partial charge is 0.335 e. The van der Waals surface area contributed by atoms with Crippen LogP contribution in [-0.2, 0) is 0 Å². The summed E-state index contributed by atoms with van der Waals surface area (Å²) in [5.41, 5.74) is 2.27. The molecular formula is C15H10FN3O2. The average molecular weight is 283 g/mol. The molecule has 0 saturated heterocycles. The van der Waals surface area contributed by atoms with E-state index in [1.54, 1.807) is 30.5 Å². The monoisotopic (exact) mass is 283 g/mol. The number of rotatable bonds is 3. The van der Waals surface area contributed by atoms with E-state index in [2.05, 4.69) is 10.3 Å². The first-order valence-corrected chi connectivity index (χ1v) is 6.15. The Morgan fingerprint density at radius 1 is 1.05 bits per heavy atom. The van der Waals surface area contributed by atoms with Crippen molar-refractivity contribution in [1.82, 2.24) is 15.0 Å². The molecule has 0 fully saturated rings. The Balaban J connectivity index is 1.90. The third-order valence-electron chi connectivity index (χ3n) is 3.01. The van der Waals surface area contributed by atoms with E-state index in [-0.39, 0.29) is 11.4 Å². The fourth-order valence-corrected chi connectivity index (χ4v) is 1.90. The van der Waals surface area contributed by atoms with Gasteiger partial charge in [-0.1, -0.05) is 17.3 Å². The quantitative estimate of drug-likeness (QED) is 0.802. The van der Waals surface area contributed by atoms with Gasteiger partial charge in [0.25, 0.3) is 0 Å². The summed E-state index contributed by atoms with van der Waals surface area (Å²) in [7, 11) is 0. The molecular weight excluding hydrogens is 273 g/mol. The lowest BCUT2D eigenvalue weighted by atomic mass is 10.1. The number of carboxylic acid groups (broad SMARTS) is 1. The van der Waals surface area contributed by atoms with Gasteiger partial charge < -0.3 is 5.11 Å². The van der Waals surface area contributed by atoms with Crippen LogP contribution in [-0.4, -0.2) is 26.1 Å². The van der Waals surface area contributed by atoms with Gasteiger partial charge in [0, 0.05) is 5.56 Å². The number of nitrogens with zero attached hydrogens (tertiary/aromatic N) is 3. The highest BCUT2D eigenvalue weighted by atomic mass is 19.1. The molecule has 0 atom stereocenters. The fraction of sp³-hybridized carbons (Fsp3) is 0. The molecule has 3 rings (SSSR count). The van der Waals surface area contributed by atoms with Gasteiger partial charge >= 0.3 is 5.97 Å². The fourth-order valence-electron chi connectivity index (χ4n) is 1.90. The van der Waals surface area contributed by atoms with Crippen LogP contribution in [0.1, 0.15) is 10.4 Å². The summed E-state index contributed by atoms with van der Waals surface area (Å²) in [5, 5.41) is 16.9. The summed E-state index contributed by atoms with van der Waals surface area (Å²) in [6.07, 6.45) is 1.70. The third-order valence-corrected chi connectivity index (χ3v) is 3.01. The standard InChI is InChI=1S/C15H10FN3O2/c16-12-5-7-13(8-6-12)19-9-14(17-18-19)10-1-3-11(4-2-10)15(20)21/h1-9H,(H,20,21). The van der Waals surface area contributed by atoms with Gasteiger partial charge in [-0.2, -0.15) is 0 Å². The van der Waals surface area contributed by atoms with Crippen molar-refractivity contribution in [1.29, 1.82) is 0 Å². The second-order valence-electron chi connectivity index (χ2n) is 4.41. The van der Waals surface area contributed by atoms with Crippen LogP contribution in [0.2, 0.25) is 0 Å². The van der Waals surface area contributed by atoms with E-state index in [9.17, 15) is 9.18 Å². The number of hydrogen-bond acceptors (Lipinski definition) is 3. The molecule has 0 aliphatic carbocycles. The van der Waals surface area contributed by atoms with Gasteiger partial charge in [-0.05, 0) is 36.4 Å². The minimum atomic E-state index is -0.975. The van der Waals surface area contributed by atoms with Crippen LogP contribution >= 0.6 is 0 Å². The zero-order valence-electron chi connectivity index (χ0n) is 10.8. The first kappa shape index (κ1) is 13.0. The largest absolute Gasteiger partial charge is 0.478 e. The van der Waals surface area contributed by atoms with E-state index in [1.807, 2.05) is 0 Å². The van der Waals surface area contributed by atoms with Gasteiger partial charge in [-0.15, -0.1) is 5.10 Å². The lowest BCUT2D eigenvalue weighted by molar-refractivity contribution is 0.0697. The minimum absolute atomic E-state index is 0.213. The second-order valence-corrected chi connectivity index (χ2v) is 4.41. The predicted octanol–water partition coefficient (Wildman–Crippen LogP) is 2.77. The van der Waals surface area contributed by atoms with Crippen molar-refractivity contribution in [2.24, 2.45) is 0 Å². The summed E-state index contributed by atoms with van der Waals surface area (Å²) in [4.78, 5) is 10.8. The van der Waals surface area contributed by atoms with Gasteiger partial charge in [-0.3, -0.25) is 0 Å². The lowest BCUT2D eigenvalue weighted by Gasteiger charge is -1.99. The Labute approximate surface area is 119 Å². The van der Waals surface area contributed by atoms with E-state index in [0.717, 1.165) is 5.56 Å². The Morgan fingerprint density at radius 2 is 1.71 bits per heavy atom. The predicted molar refractivity (Wildman–Crippen MR) is 73.7 cm³/mol. The van der Waals surface area contributed by atoms with Crippen LogP contribution in [0.5, 0.6) is 0 Å². The molecule has 3 aromatic rings. The van der Waals surface area contributed by atoms with Crippen molar-refractivity contribution < 1.29 is 14.3 Å². The van der Waals surface area contributed by atoms with E-state index in [0.29, 0.717) is 11.4 Å². The minimum Gasteiger partial charge on any atom is -0.478 e. The van der Waals surface area contributed by atoms with E-state index >= 15 is 0 Å². The molecule has 21 heavy (non-hydrogen) atoms. The van der Waals surface area contributed by atoms with Gasteiger partial charge in [-0.25, -0.2) is 13.9 Å². The molecule has 0 radical (unpaired) electrons. The third kappa shape index (κ3) is 2.64. The molecule has 0 unspecified atom stereocenters. The Kier molecular flexibility index (Phi) is 3.19. The SMILES string of the molecule is O=C(O)c1ccc(-c2cn(-c3ccc(F)cc3)nn2)cc1. The second kappa shape index (κ2) is 5.16.